The summed E-state index contributed by atoms with van der Waals surface area (Å²) >= 11 is 0. The van der Waals surface area contributed by atoms with E-state index in [9.17, 15) is 28.8 Å². The Morgan fingerprint density at radius 2 is 0.696 bits per heavy atom. The Hall–Kier alpha value is -2.58. The fourth-order valence-electron chi connectivity index (χ4n) is 4.76. The van der Waals surface area contributed by atoms with E-state index in [4.69, 9.17) is 0 Å². The lowest BCUT2D eigenvalue weighted by Gasteiger charge is -2.01. The minimum Gasteiger partial charge on any atom is -0.393 e. The van der Waals surface area contributed by atoms with Gasteiger partial charge in [0.25, 0.3) is 0 Å². The second-order valence-corrected chi connectivity index (χ2v) is 12.2. The molecule has 9 nitrogen and oxygen atoms in total. The minimum absolute atomic E-state index is 0.149. The van der Waals surface area contributed by atoms with Crippen molar-refractivity contribution < 1.29 is 43.0 Å². The first-order valence-corrected chi connectivity index (χ1v) is 18.3. The topological polar surface area (TPSA) is 130 Å². The maximum atomic E-state index is 10.9. The molecular formula is C37H66O9. The van der Waals surface area contributed by atoms with Gasteiger partial charge < -0.3 is 14.2 Å². The molecule has 0 bridgehead atoms. The lowest BCUT2D eigenvalue weighted by atomic mass is 10.0. The highest BCUT2D eigenvalue weighted by atomic mass is 16.6. The maximum absolute atomic E-state index is 10.9. The highest BCUT2D eigenvalue weighted by Crippen LogP contribution is 2.22. The summed E-state index contributed by atoms with van der Waals surface area (Å²) in [5, 5.41) is 0. The van der Waals surface area contributed by atoms with Crippen LogP contribution in [0.5, 0.6) is 0 Å². The Balaban J connectivity index is 0. The molecule has 268 valence electrons. The zero-order chi connectivity index (χ0) is 35.0. The number of esters is 6. The van der Waals surface area contributed by atoms with Crippen molar-refractivity contribution in [1.29, 1.82) is 0 Å². The van der Waals surface area contributed by atoms with Crippen molar-refractivity contribution in [3.63, 3.8) is 0 Å². The lowest BCUT2D eigenvalue weighted by Crippen LogP contribution is -2.06. The Bertz CT molecular complexity index is 771. The van der Waals surface area contributed by atoms with Crippen LogP contribution in [-0.2, 0) is 43.0 Å². The predicted octanol–water partition coefficient (Wildman–Crippen LogP) is 9.51. The molecule has 0 aromatic heterocycles. The summed E-state index contributed by atoms with van der Waals surface area (Å²) in [4.78, 5) is 63.2. The normalized spacial score (nSPS) is 18.1. The van der Waals surface area contributed by atoms with Gasteiger partial charge >= 0.3 is 35.8 Å². The SMILES string of the molecule is CCCCC.CCCCCC1CC(=O)OC1=O.CCCCCC1CC(=O)OC1=O.CCCCCCCCCC.O=C1CCC(=O)O1. The van der Waals surface area contributed by atoms with Gasteiger partial charge in [-0.15, -0.1) is 0 Å². The van der Waals surface area contributed by atoms with E-state index in [1.807, 2.05) is 0 Å². The Labute approximate surface area is 279 Å². The maximum Gasteiger partial charge on any atom is 0.317 e. The molecule has 9 heteroatoms. The summed E-state index contributed by atoms with van der Waals surface area (Å²) in [6.07, 6.45) is 24.8. The number of carbonyl (C=O) groups is 6. The van der Waals surface area contributed by atoms with Gasteiger partial charge in [0, 0.05) is 0 Å². The van der Waals surface area contributed by atoms with Gasteiger partial charge in [-0.2, -0.15) is 0 Å². The molecule has 0 N–H and O–H groups in total. The van der Waals surface area contributed by atoms with Crippen LogP contribution in [0.15, 0.2) is 0 Å². The fourth-order valence-corrected chi connectivity index (χ4v) is 4.76. The number of hydrogen-bond donors (Lipinski definition) is 0. The average molecular weight is 655 g/mol. The second-order valence-electron chi connectivity index (χ2n) is 12.2. The van der Waals surface area contributed by atoms with E-state index in [2.05, 4.69) is 55.8 Å². The average Bonchev–Trinajstić information content (AvgIpc) is 3.68. The Morgan fingerprint density at radius 3 is 0.913 bits per heavy atom. The first-order chi connectivity index (χ1) is 22.1. The molecule has 0 aromatic rings. The van der Waals surface area contributed by atoms with Crippen molar-refractivity contribution in [3.05, 3.63) is 0 Å². The molecule has 0 aliphatic carbocycles. The first-order valence-electron chi connectivity index (χ1n) is 18.3. The standard InChI is InChI=1S/C10H22.2C9H14O3.C5H12.C4H4O3/c1-3-5-7-9-10-8-6-4-2;2*1-2-3-4-5-7-6-8(10)12-9(7)11;1-3-5-4-2;5-3-1-2-4(6)7-3/h3-10H2,1-2H3;2*7H,2-6H2,1H3;3-5H2,1-2H3;1-2H2. The molecule has 3 rings (SSSR count). The lowest BCUT2D eigenvalue weighted by molar-refractivity contribution is -0.155. The van der Waals surface area contributed by atoms with Crippen LogP contribution >= 0.6 is 0 Å². The van der Waals surface area contributed by atoms with E-state index in [1.165, 1.54) is 70.6 Å². The van der Waals surface area contributed by atoms with Gasteiger partial charge in [0.15, 0.2) is 0 Å². The molecular weight excluding hydrogens is 588 g/mol. The summed E-state index contributed by atoms with van der Waals surface area (Å²) in [5.41, 5.74) is 0. The second kappa shape index (κ2) is 32.4. The van der Waals surface area contributed by atoms with Crippen molar-refractivity contribution in [2.24, 2.45) is 11.8 Å². The van der Waals surface area contributed by atoms with E-state index in [1.54, 1.807) is 0 Å². The van der Waals surface area contributed by atoms with Crippen LogP contribution in [0.1, 0.15) is 189 Å². The van der Waals surface area contributed by atoms with Gasteiger partial charge in [0.2, 0.25) is 0 Å². The number of carbonyl (C=O) groups excluding carboxylic acids is 6. The zero-order valence-electron chi connectivity index (χ0n) is 30.1. The molecule has 3 fully saturated rings. The molecule has 3 heterocycles. The molecule has 2 atom stereocenters. The van der Waals surface area contributed by atoms with Crippen molar-refractivity contribution in [1.82, 2.24) is 0 Å². The Morgan fingerprint density at radius 1 is 0.391 bits per heavy atom. The van der Waals surface area contributed by atoms with E-state index >= 15 is 0 Å². The third-order valence-electron chi connectivity index (χ3n) is 7.66. The number of unbranched alkanes of at least 4 members (excludes halogenated alkanes) is 13. The van der Waals surface area contributed by atoms with Crippen LogP contribution < -0.4 is 0 Å². The monoisotopic (exact) mass is 654 g/mol. The van der Waals surface area contributed by atoms with Crippen molar-refractivity contribution >= 4 is 35.8 Å². The molecule has 2 unspecified atom stereocenters. The summed E-state index contributed by atoms with van der Waals surface area (Å²) in [7, 11) is 0. The molecule has 0 spiro atoms. The summed E-state index contributed by atoms with van der Waals surface area (Å²) in [6, 6.07) is 0. The first kappa shape index (κ1) is 45.5. The highest BCUT2D eigenvalue weighted by molar-refractivity contribution is 5.95. The van der Waals surface area contributed by atoms with Crippen molar-refractivity contribution in [2.75, 3.05) is 0 Å². The van der Waals surface area contributed by atoms with Gasteiger partial charge in [-0.1, -0.05) is 151 Å². The van der Waals surface area contributed by atoms with Gasteiger partial charge in [0.05, 0.1) is 37.5 Å². The predicted molar refractivity (Wildman–Crippen MR) is 181 cm³/mol. The molecule has 3 saturated heterocycles. The summed E-state index contributed by atoms with van der Waals surface area (Å²) in [6.45, 7) is 13.2. The smallest absolute Gasteiger partial charge is 0.317 e. The van der Waals surface area contributed by atoms with E-state index in [0.717, 1.165) is 51.4 Å². The van der Waals surface area contributed by atoms with Crippen LogP contribution in [0.4, 0.5) is 0 Å². The van der Waals surface area contributed by atoms with E-state index < -0.39 is 11.9 Å². The van der Waals surface area contributed by atoms with Gasteiger partial charge in [-0.05, 0) is 12.8 Å². The van der Waals surface area contributed by atoms with Gasteiger partial charge in [-0.25, -0.2) is 0 Å². The van der Waals surface area contributed by atoms with Crippen molar-refractivity contribution in [2.45, 2.75) is 189 Å². The summed E-state index contributed by atoms with van der Waals surface area (Å²) < 4.78 is 12.9. The molecule has 0 saturated carbocycles. The quantitative estimate of drug-likeness (QED) is 0.0651. The van der Waals surface area contributed by atoms with Crippen molar-refractivity contribution in [3.8, 4) is 0 Å². The van der Waals surface area contributed by atoms with Crippen LogP contribution in [-0.4, -0.2) is 35.8 Å². The fraction of sp³-hybridized carbons (Fsp3) is 0.838. The number of hydrogen-bond acceptors (Lipinski definition) is 9. The van der Waals surface area contributed by atoms with Crippen LogP contribution in [0.2, 0.25) is 0 Å². The Kier molecular flexibility index (Phi) is 32.0. The van der Waals surface area contributed by atoms with Gasteiger partial charge in [0.1, 0.15) is 0 Å². The van der Waals surface area contributed by atoms with E-state index in [-0.39, 0.29) is 48.6 Å². The minimum atomic E-state index is -0.398. The largest absolute Gasteiger partial charge is 0.393 e. The molecule has 3 aliphatic heterocycles. The number of ether oxygens (including phenoxy) is 3. The van der Waals surface area contributed by atoms with Gasteiger partial charge in [-0.3, -0.25) is 28.8 Å². The zero-order valence-corrected chi connectivity index (χ0v) is 30.1. The molecule has 3 aliphatic rings. The molecule has 46 heavy (non-hydrogen) atoms. The van der Waals surface area contributed by atoms with Crippen LogP contribution in [0.3, 0.4) is 0 Å². The molecule has 0 amide bonds. The molecule has 0 aromatic carbocycles. The van der Waals surface area contributed by atoms with E-state index in [0.29, 0.717) is 12.8 Å². The van der Waals surface area contributed by atoms with Crippen LogP contribution in [0.25, 0.3) is 0 Å². The van der Waals surface area contributed by atoms with Crippen LogP contribution in [0, 0.1) is 11.8 Å². The number of rotatable bonds is 17. The summed E-state index contributed by atoms with van der Waals surface area (Å²) in [5.74, 6) is -2.46. The highest BCUT2D eigenvalue weighted by Gasteiger charge is 2.33. The number of cyclic esters (lactones) is 6. The third kappa shape index (κ3) is 27.7. The third-order valence-corrected chi connectivity index (χ3v) is 7.66. The molecule has 0 radical (unpaired) electrons.